The predicted molar refractivity (Wildman–Crippen MR) is 129 cm³/mol. The van der Waals surface area contributed by atoms with Crippen molar-refractivity contribution in [2.75, 3.05) is 20.8 Å². The Morgan fingerprint density at radius 1 is 1.03 bits per heavy atom. The molecular weight excluding hydrogens is 477 g/mol. The Morgan fingerprint density at radius 3 is 2.38 bits per heavy atom. The largest absolute Gasteiger partial charge is 0.493 e. The van der Waals surface area contributed by atoms with Crippen molar-refractivity contribution in [1.29, 1.82) is 0 Å². The van der Waals surface area contributed by atoms with Crippen molar-refractivity contribution in [3.63, 3.8) is 0 Å². The van der Waals surface area contributed by atoms with E-state index in [0.717, 1.165) is 29.8 Å². The van der Waals surface area contributed by atoms with Crippen molar-refractivity contribution in [2.24, 2.45) is 10.9 Å². The Kier molecular flexibility index (Phi) is 9.73. The molecule has 0 atom stereocenters. The number of nitrogens with one attached hydrogen (secondary N) is 2. The standard InChI is InChI=1S/C23H31N3O2.HI/c1-17-4-11-21(22(12-17)28-16-20-9-10-20)14-26-23(24-2)25-13-18-5-7-19(8-6-18)15-27-3;/h4-8,11-12,20H,9-10,13-16H2,1-3H3,(H2,24,25,26);1H. The normalized spacial score (nSPS) is 13.6. The van der Waals surface area contributed by atoms with Crippen LogP contribution in [0.5, 0.6) is 5.75 Å². The van der Waals surface area contributed by atoms with Crippen LogP contribution >= 0.6 is 24.0 Å². The molecule has 0 radical (unpaired) electrons. The van der Waals surface area contributed by atoms with Gasteiger partial charge in [0, 0.05) is 32.8 Å². The van der Waals surface area contributed by atoms with E-state index in [1.807, 2.05) is 0 Å². The third-order valence-electron chi connectivity index (χ3n) is 4.86. The lowest BCUT2D eigenvalue weighted by molar-refractivity contribution is 0.185. The molecule has 0 bridgehead atoms. The summed E-state index contributed by atoms with van der Waals surface area (Å²) in [6.45, 7) is 4.94. The number of rotatable bonds is 9. The van der Waals surface area contributed by atoms with Crippen LogP contribution in [0.15, 0.2) is 47.5 Å². The van der Waals surface area contributed by atoms with Crippen LogP contribution in [-0.4, -0.2) is 26.7 Å². The number of aliphatic imine (C=N–C) groups is 1. The third-order valence-corrected chi connectivity index (χ3v) is 4.86. The summed E-state index contributed by atoms with van der Waals surface area (Å²) in [7, 11) is 3.50. The van der Waals surface area contributed by atoms with E-state index in [-0.39, 0.29) is 24.0 Å². The van der Waals surface area contributed by atoms with Gasteiger partial charge < -0.3 is 20.1 Å². The van der Waals surface area contributed by atoms with Crippen molar-refractivity contribution >= 4 is 29.9 Å². The van der Waals surface area contributed by atoms with E-state index in [0.29, 0.717) is 19.7 Å². The molecule has 1 saturated carbocycles. The van der Waals surface area contributed by atoms with Crippen LogP contribution in [0.2, 0.25) is 0 Å². The minimum absolute atomic E-state index is 0. The molecule has 0 amide bonds. The van der Waals surface area contributed by atoms with Crippen molar-refractivity contribution in [1.82, 2.24) is 10.6 Å². The van der Waals surface area contributed by atoms with Gasteiger partial charge >= 0.3 is 0 Å². The van der Waals surface area contributed by atoms with Crippen LogP contribution in [-0.2, 0) is 24.4 Å². The summed E-state index contributed by atoms with van der Waals surface area (Å²) in [6, 6.07) is 14.8. The van der Waals surface area contributed by atoms with E-state index in [2.05, 4.69) is 65.0 Å². The fraction of sp³-hybridized carbons (Fsp3) is 0.435. The second kappa shape index (κ2) is 12.0. The van der Waals surface area contributed by atoms with Crippen molar-refractivity contribution in [3.8, 4) is 5.75 Å². The zero-order chi connectivity index (χ0) is 19.8. The molecule has 5 nitrogen and oxygen atoms in total. The van der Waals surface area contributed by atoms with Crippen LogP contribution < -0.4 is 15.4 Å². The predicted octanol–water partition coefficient (Wildman–Crippen LogP) is 4.41. The van der Waals surface area contributed by atoms with Crippen molar-refractivity contribution in [3.05, 3.63) is 64.7 Å². The molecule has 2 aromatic rings. The first-order chi connectivity index (χ1) is 13.7. The molecule has 1 aliphatic carbocycles. The van der Waals surface area contributed by atoms with Gasteiger partial charge in [0.15, 0.2) is 5.96 Å². The summed E-state index contributed by atoms with van der Waals surface area (Å²) in [5.41, 5.74) is 4.74. The number of nitrogens with zero attached hydrogens (tertiary/aromatic N) is 1. The van der Waals surface area contributed by atoms with Gasteiger partial charge in [0.1, 0.15) is 5.75 Å². The molecule has 158 valence electrons. The summed E-state index contributed by atoms with van der Waals surface area (Å²) >= 11 is 0. The third kappa shape index (κ3) is 7.85. The van der Waals surface area contributed by atoms with E-state index >= 15 is 0 Å². The first kappa shape index (κ1) is 23.5. The highest BCUT2D eigenvalue weighted by Gasteiger charge is 2.22. The fourth-order valence-corrected chi connectivity index (χ4v) is 2.94. The molecule has 0 spiro atoms. The van der Waals surface area contributed by atoms with Crippen LogP contribution in [0.3, 0.4) is 0 Å². The van der Waals surface area contributed by atoms with E-state index in [9.17, 15) is 0 Å². The lowest BCUT2D eigenvalue weighted by atomic mass is 10.1. The Labute approximate surface area is 191 Å². The Balaban J connectivity index is 0.00000300. The van der Waals surface area contributed by atoms with Crippen LogP contribution in [0, 0.1) is 12.8 Å². The molecular formula is C23H32IN3O2. The van der Waals surface area contributed by atoms with Gasteiger partial charge in [-0.3, -0.25) is 4.99 Å². The zero-order valence-electron chi connectivity index (χ0n) is 17.5. The number of hydrogen-bond acceptors (Lipinski definition) is 3. The Bertz CT molecular complexity index is 789. The van der Waals surface area contributed by atoms with E-state index < -0.39 is 0 Å². The number of hydrogen-bond donors (Lipinski definition) is 2. The fourth-order valence-electron chi connectivity index (χ4n) is 2.94. The smallest absolute Gasteiger partial charge is 0.191 e. The lowest BCUT2D eigenvalue weighted by Crippen LogP contribution is -2.36. The summed E-state index contributed by atoms with van der Waals surface area (Å²) in [4.78, 5) is 4.33. The Morgan fingerprint density at radius 2 is 1.72 bits per heavy atom. The first-order valence-corrected chi connectivity index (χ1v) is 9.91. The highest BCUT2D eigenvalue weighted by molar-refractivity contribution is 14.0. The summed E-state index contributed by atoms with van der Waals surface area (Å²) < 4.78 is 11.2. The van der Waals surface area contributed by atoms with Crippen molar-refractivity contribution in [2.45, 2.75) is 39.5 Å². The molecule has 1 aliphatic rings. The van der Waals surface area contributed by atoms with Gasteiger partial charge in [-0.2, -0.15) is 0 Å². The van der Waals surface area contributed by atoms with Gasteiger partial charge in [-0.25, -0.2) is 0 Å². The highest BCUT2D eigenvalue weighted by Crippen LogP contribution is 2.30. The molecule has 0 aromatic heterocycles. The molecule has 0 heterocycles. The molecule has 0 unspecified atom stereocenters. The topological polar surface area (TPSA) is 54.9 Å². The molecule has 1 fully saturated rings. The lowest BCUT2D eigenvalue weighted by Gasteiger charge is -2.15. The number of guanidine groups is 1. The van der Waals surface area contributed by atoms with E-state index in [4.69, 9.17) is 9.47 Å². The maximum atomic E-state index is 6.06. The molecule has 2 aromatic carbocycles. The molecule has 2 N–H and O–H groups in total. The van der Waals surface area contributed by atoms with Gasteiger partial charge in [0.2, 0.25) is 0 Å². The van der Waals surface area contributed by atoms with Gasteiger partial charge in [-0.05, 0) is 48.4 Å². The van der Waals surface area contributed by atoms with Crippen LogP contribution in [0.25, 0.3) is 0 Å². The van der Waals surface area contributed by atoms with Gasteiger partial charge in [0.05, 0.1) is 13.2 Å². The average molecular weight is 509 g/mol. The van der Waals surface area contributed by atoms with Gasteiger partial charge in [-0.1, -0.05) is 36.4 Å². The SMILES string of the molecule is CN=C(NCc1ccc(COC)cc1)NCc1ccc(C)cc1OCC1CC1.I. The van der Waals surface area contributed by atoms with E-state index in [1.165, 1.54) is 29.5 Å². The van der Waals surface area contributed by atoms with Gasteiger partial charge in [-0.15, -0.1) is 24.0 Å². The monoisotopic (exact) mass is 509 g/mol. The molecule has 6 heteroatoms. The first-order valence-electron chi connectivity index (χ1n) is 9.91. The Hall–Kier alpha value is -1.80. The maximum Gasteiger partial charge on any atom is 0.191 e. The average Bonchev–Trinajstić information content (AvgIpc) is 3.53. The number of methoxy groups -OCH3 is 1. The molecule has 0 saturated heterocycles. The van der Waals surface area contributed by atoms with Crippen molar-refractivity contribution < 1.29 is 9.47 Å². The minimum Gasteiger partial charge on any atom is -0.493 e. The number of ether oxygens (including phenoxy) is 2. The second-order valence-electron chi connectivity index (χ2n) is 7.39. The quantitative estimate of drug-likeness (QED) is 0.299. The highest BCUT2D eigenvalue weighted by atomic mass is 127. The minimum atomic E-state index is 0. The summed E-state index contributed by atoms with van der Waals surface area (Å²) in [5, 5.41) is 6.75. The maximum absolute atomic E-state index is 6.06. The molecule has 0 aliphatic heterocycles. The zero-order valence-corrected chi connectivity index (χ0v) is 19.9. The second-order valence-corrected chi connectivity index (χ2v) is 7.39. The number of halogens is 1. The molecule has 3 rings (SSSR count). The molecule has 29 heavy (non-hydrogen) atoms. The number of benzene rings is 2. The van der Waals surface area contributed by atoms with Crippen LogP contribution in [0.1, 0.15) is 35.1 Å². The number of aryl methyl sites for hydroxylation is 1. The van der Waals surface area contributed by atoms with Crippen LogP contribution in [0.4, 0.5) is 0 Å². The summed E-state index contributed by atoms with van der Waals surface area (Å²) in [6.07, 6.45) is 2.59. The van der Waals surface area contributed by atoms with E-state index in [1.54, 1.807) is 14.2 Å². The summed E-state index contributed by atoms with van der Waals surface area (Å²) in [5.74, 6) is 2.49. The van der Waals surface area contributed by atoms with Gasteiger partial charge in [0.25, 0.3) is 0 Å².